The van der Waals surface area contributed by atoms with E-state index in [9.17, 15) is 9.90 Å². The molecular formula is C15H24N2O2. The SMILES string of the molecule is CCN(CCCN(C)C)CC(=O)c1ccc(O)cc1. The van der Waals surface area contributed by atoms with Gasteiger partial charge in [0.2, 0.25) is 0 Å². The highest BCUT2D eigenvalue weighted by molar-refractivity contribution is 5.97. The monoisotopic (exact) mass is 264 g/mol. The number of nitrogens with zero attached hydrogens (tertiary/aromatic N) is 2. The third-order valence-electron chi connectivity index (χ3n) is 3.08. The van der Waals surface area contributed by atoms with Crippen LogP contribution in [0.2, 0.25) is 0 Å². The van der Waals surface area contributed by atoms with Crippen molar-refractivity contribution in [3.63, 3.8) is 0 Å². The quantitative estimate of drug-likeness (QED) is 0.728. The summed E-state index contributed by atoms with van der Waals surface area (Å²) in [4.78, 5) is 16.4. The molecule has 1 rings (SSSR count). The molecule has 0 heterocycles. The maximum absolute atomic E-state index is 12.1. The summed E-state index contributed by atoms with van der Waals surface area (Å²) in [6, 6.07) is 6.45. The maximum atomic E-state index is 12.1. The normalized spacial score (nSPS) is 11.2. The van der Waals surface area contributed by atoms with Crippen molar-refractivity contribution in [2.24, 2.45) is 0 Å². The number of Topliss-reactive ketones (excluding diaryl/α,β-unsaturated/α-hetero) is 1. The zero-order valence-corrected chi connectivity index (χ0v) is 12.1. The molecule has 1 aromatic carbocycles. The predicted molar refractivity (Wildman–Crippen MR) is 77.7 cm³/mol. The van der Waals surface area contributed by atoms with Crippen LogP contribution >= 0.6 is 0 Å². The van der Waals surface area contributed by atoms with Crippen LogP contribution in [0.1, 0.15) is 23.7 Å². The van der Waals surface area contributed by atoms with Crippen LogP contribution in [0.3, 0.4) is 0 Å². The summed E-state index contributed by atoms with van der Waals surface area (Å²) in [7, 11) is 4.11. The molecule has 0 aromatic heterocycles. The Labute approximate surface area is 115 Å². The second-order valence-electron chi connectivity index (χ2n) is 5.00. The van der Waals surface area contributed by atoms with E-state index in [2.05, 4.69) is 30.8 Å². The third-order valence-corrected chi connectivity index (χ3v) is 3.08. The molecule has 19 heavy (non-hydrogen) atoms. The Morgan fingerprint density at radius 1 is 1.16 bits per heavy atom. The Balaban J connectivity index is 2.46. The van der Waals surface area contributed by atoms with Crippen molar-refractivity contribution >= 4 is 5.78 Å². The summed E-state index contributed by atoms with van der Waals surface area (Å²) in [6.07, 6.45) is 1.06. The minimum absolute atomic E-state index is 0.103. The molecule has 1 N–H and O–H groups in total. The Bertz CT molecular complexity index is 388. The Morgan fingerprint density at radius 3 is 2.32 bits per heavy atom. The van der Waals surface area contributed by atoms with E-state index < -0.39 is 0 Å². The van der Waals surface area contributed by atoms with Gasteiger partial charge in [-0.1, -0.05) is 6.92 Å². The van der Waals surface area contributed by atoms with E-state index in [0.717, 1.165) is 26.1 Å². The average molecular weight is 264 g/mol. The molecule has 0 unspecified atom stereocenters. The number of aromatic hydroxyl groups is 1. The van der Waals surface area contributed by atoms with Crippen molar-refractivity contribution in [1.82, 2.24) is 9.80 Å². The summed E-state index contributed by atoms with van der Waals surface area (Å²) >= 11 is 0. The van der Waals surface area contributed by atoms with Crippen LogP contribution in [0, 0.1) is 0 Å². The van der Waals surface area contributed by atoms with Gasteiger partial charge in [0.25, 0.3) is 0 Å². The van der Waals surface area contributed by atoms with Gasteiger partial charge in [-0.15, -0.1) is 0 Å². The number of carbonyl (C=O) groups excluding carboxylic acids is 1. The molecule has 0 saturated heterocycles. The van der Waals surface area contributed by atoms with E-state index in [0.29, 0.717) is 12.1 Å². The molecule has 0 aliphatic carbocycles. The van der Waals surface area contributed by atoms with Crippen LogP contribution in [-0.2, 0) is 0 Å². The van der Waals surface area contributed by atoms with Crippen LogP contribution in [0.25, 0.3) is 0 Å². The molecule has 0 radical (unpaired) electrons. The number of hydrogen-bond acceptors (Lipinski definition) is 4. The van der Waals surface area contributed by atoms with Gasteiger partial charge in [-0.05, 0) is 64.4 Å². The van der Waals surface area contributed by atoms with Gasteiger partial charge in [0, 0.05) is 5.56 Å². The van der Waals surface area contributed by atoms with Gasteiger partial charge in [0.1, 0.15) is 5.75 Å². The summed E-state index contributed by atoms with van der Waals surface area (Å²) in [5.41, 5.74) is 0.656. The topological polar surface area (TPSA) is 43.8 Å². The molecule has 1 aromatic rings. The molecule has 4 heteroatoms. The second-order valence-corrected chi connectivity index (χ2v) is 5.00. The highest BCUT2D eigenvalue weighted by Crippen LogP contribution is 2.10. The number of likely N-dealkylation sites (N-methyl/N-ethyl adjacent to an activating group) is 1. The van der Waals surface area contributed by atoms with E-state index in [1.807, 2.05) is 0 Å². The minimum Gasteiger partial charge on any atom is -0.508 e. The molecule has 0 aliphatic rings. The number of ketones is 1. The number of benzene rings is 1. The van der Waals surface area contributed by atoms with Crippen LogP contribution < -0.4 is 0 Å². The van der Waals surface area contributed by atoms with E-state index in [1.165, 1.54) is 0 Å². The van der Waals surface area contributed by atoms with Crippen molar-refractivity contribution in [1.29, 1.82) is 0 Å². The molecule has 0 aliphatic heterocycles. The van der Waals surface area contributed by atoms with Crippen molar-refractivity contribution < 1.29 is 9.90 Å². The van der Waals surface area contributed by atoms with Gasteiger partial charge in [-0.2, -0.15) is 0 Å². The number of rotatable bonds is 8. The molecule has 4 nitrogen and oxygen atoms in total. The summed E-state index contributed by atoms with van der Waals surface area (Å²) in [5.74, 6) is 0.293. The molecule has 0 bridgehead atoms. The Hall–Kier alpha value is -1.39. The van der Waals surface area contributed by atoms with Gasteiger partial charge in [-0.25, -0.2) is 0 Å². The van der Waals surface area contributed by atoms with Gasteiger partial charge < -0.3 is 10.0 Å². The molecule has 0 spiro atoms. The molecular weight excluding hydrogens is 240 g/mol. The first kappa shape index (κ1) is 15.7. The lowest BCUT2D eigenvalue weighted by molar-refractivity contribution is 0.0932. The molecule has 0 amide bonds. The van der Waals surface area contributed by atoms with E-state index in [1.54, 1.807) is 24.3 Å². The molecule has 106 valence electrons. The molecule has 0 fully saturated rings. The van der Waals surface area contributed by atoms with Crippen molar-refractivity contribution in [3.8, 4) is 5.75 Å². The average Bonchev–Trinajstić information content (AvgIpc) is 2.37. The fourth-order valence-electron chi connectivity index (χ4n) is 1.90. The maximum Gasteiger partial charge on any atom is 0.176 e. The lowest BCUT2D eigenvalue weighted by Gasteiger charge is -2.20. The zero-order valence-electron chi connectivity index (χ0n) is 12.1. The lowest BCUT2D eigenvalue weighted by atomic mass is 10.1. The highest BCUT2D eigenvalue weighted by Gasteiger charge is 2.11. The van der Waals surface area contributed by atoms with Crippen LogP contribution in [-0.4, -0.2) is 61.0 Å². The van der Waals surface area contributed by atoms with Gasteiger partial charge in [0.05, 0.1) is 6.54 Å². The van der Waals surface area contributed by atoms with Crippen LogP contribution in [0.15, 0.2) is 24.3 Å². The largest absolute Gasteiger partial charge is 0.508 e. The molecule has 0 saturated carbocycles. The van der Waals surface area contributed by atoms with E-state index in [4.69, 9.17) is 0 Å². The van der Waals surface area contributed by atoms with Gasteiger partial charge in [0.15, 0.2) is 5.78 Å². The second kappa shape index (κ2) is 7.92. The number of phenols is 1. The first-order chi connectivity index (χ1) is 9.02. The smallest absolute Gasteiger partial charge is 0.176 e. The summed E-state index contributed by atoms with van der Waals surface area (Å²) < 4.78 is 0. The summed E-state index contributed by atoms with van der Waals surface area (Å²) in [5, 5.41) is 9.21. The fraction of sp³-hybridized carbons (Fsp3) is 0.533. The zero-order chi connectivity index (χ0) is 14.3. The number of carbonyl (C=O) groups is 1. The van der Waals surface area contributed by atoms with Crippen LogP contribution in [0.4, 0.5) is 0 Å². The number of phenolic OH excluding ortho intramolecular Hbond substituents is 1. The lowest BCUT2D eigenvalue weighted by Crippen LogP contribution is -2.32. The third kappa shape index (κ3) is 5.85. The Kier molecular flexibility index (Phi) is 6.53. The molecule has 0 atom stereocenters. The van der Waals surface area contributed by atoms with E-state index >= 15 is 0 Å². The van der Waals surface area contributed by atoms with Crippen molar-refractivity contribution in [3.05, 3.63) is 29.8 Å². The first-order valence-electron chi connectivity index (χ1n) is 6.72. The predicted octanol–water partition coefficient (Wildman–Crippen LogP) is 1.85. The Morgan fingerprint density at radius 2 is 1.79 bits per heavy atom. The van der Waals surface area contributed by atoms with Gasteiger partial charge in [-0.3, -0.25) is 9.69 Å². The van der Waals surface area contributed by atoms with E-state index in [-0.39, 0.29) is 11.5 Å². The summed E-state index contributed by atoms with van der Waals surface area (Å²) in [6.45, 7) is 5.34. The van der Waals surface area contributed by atoms with Gasteiger partial charge >= 0.3 is 0 Å². The standard InChI is InChI=1S/C15H24N2O2/c1-4-17(11-5-10-16(2)3)12-15(19)13-6-8-14(18)9-7-13/h6-9,18H,4-5,10-12H2,1-3H3. The van der Waals surface area contributed by atoms with Crippen molar-refractivity contribution in [2.45, 2.75) is 13.3 Å². The van der Waals surface area contributed by atoms with Crippen LogP contribution in [0.5, 0.6) is 5.75 Å². The van der Waals surface area contributed by atoms with Crippen molar-refractivity contribution in [2.75, 3.05) is 40.3 Å². The first-order valence-corrected chi connectivity index (χ1v) is 6.72. The highest BCUT2D eigenvalue weighted by atomic mass is 16.3. The fourth-order valence-corrected chi connectivity index (χ4v) is 1.90. The minimum atomic E-state index is 0.103. The number of hydrogen-bond donors (Lipinski definition) is 1.